The number of carbonyl (C=O) groups excluding carboxylic acids is 1. The van der Waals surface area contributed by atoms with Crippen LogP contribution in [0.1, 0.15) is 39.2 Å². The first-order valence-electron chi connectivity index (χ1n) is 6.30. The van der Waals surface area contributed by atoms with Crippen LogP contribution in [0.4, 0.5) is 0 Å². The van der Waals surface area contributed by atoms with E-state index < -0.39 is 0 Å². The van der Waals surface area contributed by atoms with Gasteiger partial charge in [0.05, 0.1) is 19.1 Å². The number of methoxy groups -OCH3 is 1. The topological polar surface area (TPSA) is 35.5 Å². The first-order valence-corrected chi connectivity index (χ1v) is 6.30. The highest BCUT2D eigenvalue weighted by atomic mass is 16.5. The maximum Gasteiger partial charge on any atom is 0.313 e. The molecule has 1 aromatic rings. The quantitative estimate of drug-likeness (QED) is 0.751. The molecule has 1 rings (SSSR count). The largest absolute Gasteiger partial charge is 0.491 e. The van der Waals surface area contributed by atoms with Gasteiger partial charge in [0.2, 0.25) is 0 Å². The van der Waals surface area contributed by atoms with Gasteiger partial charge in [-0.2, -0.15) is 0 Å². The van der Waals surface area contributed by atoms with Crippen LogP contribution in [-0.4, -0.2) is 19.2 Å². The molecule has 0 radical (unpaired) electrons. The van der Waals surface area contributed by atoms with E-state index in [4.69, 9.17) is 9.47 Å². The van der Waals surface area contributed by atoms with Crippen molar-refractivity contribution in [3.8, 4) is 5.75 Å². The Bertz CT molecular complexity index is 396. The van der Waals surface area contributed by atoms with Crippen molar-refractivity contribution in [2.75, 3.05) is 7.11 Å². The zero-order valence-electron chi connectivity index (χ0n) is 11.8. The minimum atomic E-state index is -0.245. The number of esters is 1. The molecule has 100 valence electrons. The Morgan fingerprint density at radius 2 is 1.83 bits per heavy atom. The van der Waals surface area contributed by atoms with Crippen LogP contribution in [0.25, 0.3) is 0 Å². The van der Waals surface area contributed by atoms with Gasteiger partial charge in [0.15, 0.2) is 0 Å². The molecule has 1 atom stereocenters. The zero-order chi connectivity index (χ0) is 13.7. The summed E-state index contributed by atoms with van der Waals surface area (Å²) >= 11 is 0. The average Bonchev–Trinajstić information content (AvgIpc) is 2.28. The highest BCUT2D eigenvalue weighted by Crippen LogP contribution is 2.28. The van der Waals surface area contributed by atoms with E-state index in [9.17, 15) is 4.79 Å². The molecule has 0 heterocycles. The van der Waals surface area contributed by atoms with Gasteiger partial charge in [0.25, 0.3) is 0 Å². The second kappa shape index (κ2) is 6.43. The minimum Gasteiger partial charge on any atom is -0.491 e. The first-order chi connectivity index (χ1) is 8.45. The SMILES string of the molecule is COC(=O)C(c1cccc(OC(C)C)c1)C(C)C. The fourth-order valence-electron chi connectivity index (χ4n) is 1.97. The highest BCUT2D eigenvalue weighted by Gasteiger charge is 2.25. The average molecular weight is 250 g/mol. The predicted molar refractivity (Wildman–Crippen MR) is 71.8 cm³/mol. The lowest BCUT2D eigenvalue weighted by atomic mass is 9.88. The molecule has 18 heavy (non-hydrogen) atoms. The molecule has 0 saturated carbocycles. The standard InChI is InChI=1S/C15H22O3/c1-10(2)14(15(16)17-5)12-7-6-8-13(9-12)18-11(3)4/h6-11,14H,1-5H3. The van der Waals surface area contributed by atoms with Crippen LogP contribution in [0.2, 0.25) is 0 Å². The van der Waals surface area contributed by atoms with Gasteiger partial charge in [0, 0.05) is 0 Å². The first kappa shape index (κ1) is 14.6. The zero-order valence-corrected chi connectivity index (χ0v) is 11.8. The Morgan fingerprint density at radius 1 is 1.17 bits per heavy atom. The van der Waals surface area contributed by atoms with Crippen molar-refractivity contribution in [1.82, 2.24) is 0 Å². The van der Waals surface area contributed by atoms with Gasteiger partial charge in [-0.3, -0.25) is 4.79 Å². The Labute approximate surface area is 109 Å². The van der Waals surface area contributed by atoms with Gasteiger partial charge in [-0.05, 0) is 37.5 Å². The van der Waals surface area contributed by atoms with E-state index in [1.54, 1.807) is 0 Å². The van der Waals surface area contributed by atoms with Gasteiger partial charge in [0.1, 0.15) is 5.75 Å². The van der Waals surface area contributed by atoms with Crippen LogP contribution < -0.4 is 4.74 Å². The van der Waals surface area contributed by atoms with Crippen LogP contribution in [0, 0.1) is 5.92 Å². The Balaban J connectivity index is 3.02. The summed E-state index contributed by atoms with van der Waals surface area (Å²) in [7, 11) is 1.42. The molecule has 0 aliphatic carbocycles. The van der Waals surface area contributed by atoms with Crippen LogP contribution in [0.5, 0.6) is 5.75 Å². The number of hydrogen-bond donors (Lipinski definition) is 0. The van der Waals surface area contributed by atoms with Gasteiger partial charge < -0.3 is 9.47 Å². The van der Waals surface area contributed by atoms with Crippen molar-refractivity contribution in [3.05, 3.63) is 29.8 Å². The molecule has 1 aromatic carbocycles. The number of hydrogen-bond acceptors (Lipinski definition) is 3. The molecule has 3 heteroatoms. The summed E-state index contributed by atoms with van der Waals surface area (Å²) in [5, 5.41) is 0. The number of ether oxygens (including phenoxy) is 2. The summed E-state index contributed by atoms with van der Waals surface area (Å²) in [6.45, 7) is 7.98. The number of carbonyl (C=O) groups is 1. The smallest absolute Gasteiger partial charge is 0.313 e. The van der Waals surface area contributed by atoms with Crippen molar-refractivity contribution in [2.24, 2.45) is 5.92 Å². The predicted octanol–water partition coefficient (Wildman–Crippen LogP) is 3.39. The Morgan fingerprint density at radius 3 is 2.33 bits per heavy atom. The molecular weight excluding hydrogens is 228 g/mol. The fraction of sp³-hybridized carbons (Fsp3) is 0.533. The molecular formula is C15H22O3. The summed E-state index contributed by atoms with van der Waals surface area (Å²) in [6.07, 6.45) is 0.121. The van der Waals surface area contributed by atoms with E-state index in [0.29, 0.717) is 0 Å². The van der Waals surface area contributed by atoms with Gasteiger partial charge >= 0.3 is 5.97 Å². The lowest BCUT2D eigenvalue weighted by molar-refractivity contribution is -0.143. The van der Waals surface area contributed by atoms with Crippen molar-refractivity contribution in [1.29, 1.82) is 0 Å². The van der Waals surface area contributed by atoms with E-state index in [1.165, 1.54) is 7.11 Å². The van der Waals surface area contributed by atoms with E-state index in [-0.39, 0.29) is 23.9 Å². The molecule has 0 aromatic heterocycles. The highest BCUT2D eigenvalue weighted by molar-refractivity contribution is 5.78. The maximum atomic E-state index is 11.8. The van der Waals surface area contributed by atoms with Crippen molar-refractivity contribution < 1.29 is 14.3 Å². The van der Waals surface area contributed by atoms with Crippen molar-refractivity contribution in [3.63, 3.8) is 0 Å². The van der Waals surface area contributed by atoms with E-state index in [0.717, 1.165) is 11.3 Å². The third-order valence-electron chi connectivity index (χ3n) is 2.71. The molecule has 0 N–H and O–H groups in total. The summed E-state index contributed by atoms with van der Waals surface area (Å²) in [4.78, 5) is 11.8. The molecule has 0 spiro atoms. The molecule has 0 aliphatic heterocycles. The van der Waals surface area contributed by atoms with Gasteiger partial charge in [-0.1, -0.05) is 26.0 Å². The molecule has 0 saturated heterocycles. The molecule has 3 nitrogen and oxygen atoms in total. The van der Waals surface area contributed by atoms with Crippen molar-refractivity contribution >= 4 is 5.97 Å². The molecule has 0 fully saturated rings. The molecule has 0 amide bonds. The Hall–Kier alpha value is -1.51. The summed E-state index contributed by atoms with van der Waals surface area (Å²) in [5.41, 5.74) is 0.940. The summed E-state index contributed by atoms with van der Waals surface area (Å²) < 4.78 is 10.5. The molecule has 0 aliphatic rings. The summed E-state index contributed by atoms with van der Waals surface area (Å²) in [6, 6.07) is 7.67. The third kappa shape index (κ3) is 3.76. The van der Waals surface area contributed by atoms with Crippen LogP contribution >= 0.6 is 0 Å². The summed E-state index contributed by atoms with van der Waals surface area (Å²) in [5.74, 6) is 0.529. The second-order valence-corrected chi connectivity index (χ2v) is 4.98. The van der Waals surface area contributed by atoms with E-state index in [2.05, 4.69) is 0 Å². The van der Waals surface area contributed by atoms with Crippen molar-refractivity contribution in [2.45, 2.75) is 39.7 Å². The molecule has 1 unspecified atom stereocenters. The lowest BCUT2D eigenvalue weighted by Crippen LogP contribution is -2.19. The molecule has 0 bridgehead atoms. The minimum absolute atomic E-state index is 0.121. The second-order valence-electron chi connectivity index (χ2n) is 4.98. The monoisotopic (exact) mass is 250 g/mol. The Kier molecular flexibility index (Phi) is 5.20. The maximum absolute atomic E-state index is 11.8. The lowest BCUT2D eigenvalue weighted by Gasteiger charge is -2.20. The third-order valence-corrected chi connectivity index (χ3v) is 2.71. The van der Waals surface area contributed by atoms with Crippen LogP contribution in [-0.2, 0) is 9.53 Å². The van der Waals surface area contributed by atoms with Gasteiger partial charge in [-0.25, -0.2) is 0 Å². The number of rotatable bonds is 5. The fourth-order valence-corrected chi connectivity index (χ4v) is 1.97. The number of benzene rings is 1. The van der Waals surface area contributed by atoms with Gasteiger partial charge in [-0.15, -0.1) is 0 Å². The van der Waals surface area contributed by atoms with E-state index in [1.807, 2.05) is 52.0 Å². The van der Waals surface area contributed by atoms with E-state index >= 15 is 0 Å². The normalized spacial score (nSPS) is 12.6. The van der Waals surface area contributed by atoms with Crippen LogP contribution in [0.15, 0.2) is 24.3 Å². The van der Waals surface area contributed by atoms with Crippen LogP contribution in [0.3, 0.4) is 0 Å².